The summed E-state index contributed by atoms with van der Waals surface area (Å²) in [6.45, 7) is 1.93. The van der Waals surface area contributed by atoms with Gasteiger partial charge in [0.1, 0.15) is 11.6 Å². The van der Waals surface area contributed by atoms with E-state index in [0.717, 1.165) is 5.56 Å². The van der Waals surface area contributed by atoms with Crippen LogP contribution in [0.3, 0.4) is 0 Å². The van der Waals surface area contributed by atoms with Crippen LogP contribution < -0.4 is 20.9 Å². The smallest absolute Gasteiger partial charge is 0.262 e. The molecule has 0 aliphatic heterocycles. The van der Waals surface area contributed by atoms with Gasteiger partial charge in [-0.05, 0) is 24.1 Å². The minimum absolute atomic E-state index is 0.198. The molecule has 0 unspecified atom stereocenters. The van der Waals surface area contributed by atoms with E-state index in [-0.39, 0.29) is 11.4 Å². The second kappa shape index (κ2) is 5.24. The van der Waals surface area contributed by atoms with Crippen LogP contribution in [0.25, 0.3) is 11.1 Å². The molecule has 0 fully saturated rings. The van der Waals surface area contributed by atoms with Crippen molar-refractivity contribution in [3.63, 3.8) is 0 Å². The zero-order valence-electron chi connectivity index (χ0n) is 12.0. The Balaban J connectivity index is 2.61. The average Bonchev–Trinajstić information content (AvgIpc) is 2.39. The largest absolute Gasteiger partial charge is 0.496 e. The Hall–Kier alpha value is -2.50. The molecular weight excluding hydrogens is 256 g/mol. The fraction of sp³-hybridized carbons (Fsp3) is 0.286. The molecule has 1 aromatic heterocycles. The maximum atomic E-state index is 12.2. The molecule has 0 atom stereocenters. The van der Waals surface area contributed by atoms with Crippen LogP contribution in [0.5, 0.6) is 5.75 Å². The van der Waals surface area contributed by atoms with Crippen molar-refractivity contribution in [2.24, 2.45) is 0 Å². The van der Waals surface area contributed by atoms with E-state index < -0.39 is 0 Å². The van der Waals surface area contributed by atoms with Crippen molar-refractivity contribution in [2.75, 3.05) is 31.8 Å². The standard InChI is InChI=1S/C14H18N4O2/c1-8-5-6-9(7-10(8)20-4)11-12(15)16-14(18(2)3)17-13(11)19/h5-7H,1-4H3,(H3,15,16,17,19). The van der Waals surface area contributed by atoms with E-state index in [4.69, 9.17) is 10.5 Å². The molecule has 0 aliphatic rings. The van der Waals surface area contributed by atoms with Crippen LogP contribution in [0.15, 0.2) is 23.0 Å². The number of aromatic nitrogens is 2. The van der Waals surface area contributed by atoms with E-state index in [1.54, 1.807) is 32.2 Å². The molecular formula is C14H18N4O2. The van der Waals surface area contributed by atoms with Gasteiger partial charge in [-0.3, -0.25) is 9.78 Å². The molecule has 0 aliphatic carbocycles. The molecule has 1 aromatic carbocycles. The lowest BCUT2D eigenvalue weighted by atomic mass is 10.1. The monoisotopic (exact) mass is 274 g/mol. The molecule has 2 aromatic rings. The summed E-state index contributed by atoms with van der Waals surface area (Å²) in [6, 6.07) is 5.50. The van der Waals surface area contributed by atoms with Crippen molar-refractivity contribution in [3.8, 4) is 16.9 Å². The Kier molecular flexibility index (Phi) is 3.65. The number of hydrogen-bond donors (Lipinski definition) is 2. The minimum atomic E-state index is -0.271. The van der Waals surface area contributed by atoms with Gasteiger partial charge in [-0.2, -0.15) is 4.98 Å². The summed E-state index contributed by atoms with van der Waals surface area (Å²) in [4.78, 5) is 20.8. The number of nitrogens with one attached hydrogen (secondary N) is 1. The SMILES string of the molecule is COc1cc(-c2c(N)nc(N(C)C)[nH]c2=O)ccc1C. The second-order valence-corrected chi connectivity index (χ2v) is 4.73. The highest BCUT2D eigenvalue weighted by Gasteiger charge is 2.13. The fourth-order valence-electron chi connectivity index (χ4n) is 1.94. The van der Waals surface area contributed by atoms with Gasteiger partial charge in [-0.1, -0.05) is 12.1 Å². The van der Waals surface area contributed by atoms with Gasteiger partial charge < -0.3 is 15.4 Å². The summed E-state index contributed by atoms with van der Waals surface area (Å²) >= 11 is 0. The van der Waals surface area contributed by atoms with Crippen molar-refractivity contribution in [1.82, 2.24) is 9.97 Å². The van der Waals surface area contributed by atoms with Gasteiger partial charge in [-0.15, -0.1) is 0 Å². The Bertz CT molecular complexity index is 692. The third kappa shape index (κ3) is 2.45. The first-order valence-corrected chi connectivity index (χ1v) is 6.16. The van der Waals surface area contributed by atoms with Crippen LogP contribution in [0.1, 0.15) is 5.56 Å². The number of anilines is 2. The molecule has 2 rings (SSSR count). The van der Waals surface area contributed by atoms with Gasteiger partial charge in [0.2, 0.25) is 5.95 Å². The molecule has 1 heterocycles. The highest BCUT2D eigenvalue weighted by Crippen LogP contribution is 2.27. The van der Waals surface area contributed by atoms with Crippen LogP contribution in [0.4, 0.5) is 11.8 Å². The van der Waals surface area contributed by atoms with E-state index in [1.807, 2.05) is 19.1 Å². The van der Waals surface area contributed by atoms with Gasteiger partial charge in [0, 0.05) is 14.1 Å². The summed E-state index contributed by atoms with van der Waals surface area (Å²) in [5.41, 5.74) is 7.68. The van der Waals surface area contributed by atoms with Crippen LogP contribution in [0.2, 0.25) is 0 Å². The predicted octanol–water partition coefficient (Wildman–Crippen LogP) is 1.40. The zero-order chi connectivity index (χ0) is 14.9. The Morgan fingerprint density at radius 1 is 1.35 bits per heavy atom. The molecule has 6 heteroatoms. The second-order valence-electron chi connectivity index (χ2n) is 4.73. The summed E-state index contributed by atoms with van der Waals surface area (Å²) in [7, 11) is 5.16. The number of nitrogens with zero attached hydrogens (tertiary/aromatic N) is 2. The number of nitrogen functional groups attached to an aromatic ring is 1. The molecule has 106 valence electrons. The highest BCUT2D eigenvalue weighted by atomic mass is 16.5. The Morgan fingerprint density at radius 3 is 2.60 bits per heavy atom. The lowest BCUT2D eigenvalue weighted by Gasteiger charge is -2.13. The summed E-state index contributed by atoms with van der Waals surface area (Å²) in [5, 5.41) is 0. The number of benzene rings is 1. The average molecular weight is 274 g/mol. The molecule has 3 N–H and O–H groups in total. The van der Waals surface area contributed by atoms with Gasteiger partial charge in [0.05, 0.1) is 12.7 Å². The maximum absolute atomic E-state index is 12.2. The van der Waals surface area contributed by atoms with E-state index in [0.29, 0.717) is 22.8 Å². The molecule has 0 bridgehead atoms. The molecule has 0 saturated carbocycles. The Morgan fingerprint density at radius 2 is 2.05 bits per heavy atom. The Labute approximate surface area is 117 Å². The number of nitrogens with two attached hydrogens (primary N) is 1. The molecule has 0 amide bonds. The van der Waals surface area contributed by atoms with Gasteiger partial charge in [0.15, 0.2) is 0 Å². The third-order valence-corrected chi connectivity index (χ3v) is 3.06. The van der Waals surface area contributed by atoms with Crippen LogP contribution >= 0.6 is 0 Å². The normalized spacial score (nSPS) is 10.4. The number of hydrogen-bond acceptors (Lipinski definition) is 5. The predicted molar refractivity (Wildman–Crippen MR) is 80.3 cm³/mol. The van der Waals surface area contributed by atoms with Crippen molar-refractivity contribution < 1.29 is 4.74 Å². The van der Waals surface area contributed by atoms with E-state index in [9.17, 15) is 4.79 Å². The van der Waals surface area contributed by atoms with Crippen LogP contribution in [-0.4, -0.2) is 31.2 Å². The maximum Gasteiger partial charge on any atom is 0.262 e. The first kappa shape index (κ1) is 13.9. The zero-order valence-corrected chi connectivity index (χ0v) is 12.0. The summed E-state index contributed by atoms with van der Waals surface area (Å²) < 4.78 is 5.27. The number of methoxy groups -OCH3 is 1. The number of aryl methyl sites for hydroxylation is 1. The number of ether oxygens (including phenoxy) is 1. The van der Waals surface area contributed by atoms with Crippen molar-refractivity contribution >= 4 is 11.8 Å². The topological polar surface area (TPSA) is 84.2 Å². The lowest BCUT2D eigenvalue weighted by Crippen LogP contribution is -2.21. The van der Waals surface area contributed by atoms with Crippen LogP contribution in [-0.2, 0) is 0 Å². The first-order valence-electron chi connectivity index (χ1n) is 6.16. The lowest BCUT2D eigenvalue weighted by molar-refractivity contribution is 0.412. The van der Waals surface area contributed by atoms with Gasteiger partial charge >= 0.3 is 0 Å². The van der Waals surface area contributed by atoms with Crippen LogP contribution in [0, 0.1) is 6.92 Å². The number of aromatic amines is 1. The molecule has 0 radical (unpaired) electrons. The molecule has 20 heavy (non-hydrogen) atoms. The van der Waals surface area contributed by atoms with Crippen molar-refractivity contribution in [2.45, 2.75) is 6.92 Å². The minimum Gasteiger partial charge on any atom is -0.496 e. The summed E-state index contributed by atoms with van der Waals surface area (Å²) in [6.07, 6.45) is 0. The summed E-state index contributed by atoms with van der Waals surface area (Å²) in [5.74, 6) is 1.33. The molecule has 6 nitrogen and oxygen atoms in total. The number of H-pyrrole nitrogens is 1. The van der Waals surface area contributed by atoms with E-state index in [2.05, 4.69) is 9.97 Å². The first-order chi connectivity index (χ1) is 9.43. The molecule has 0 saturated heterocycles. The quantitative estimate of drug-likeness (QED) is 0.884. The highest BCUT2D eigenvalue weighted by molar-refractivity contribution is 5.75. The van der Waals surface area contributed by atoms with Gasteiger partial charge in [-0.25, -0.2) is 0 Å². The van der Waals surface area contributed by atoms with Crippen molar-refractivity contribution in [3.05, 3.63) is 34.1 Å². The van der Waals surface area contributed by atoms with Crippen molar-refractivity contribution in [1.29, 1.82) is 0 Å². The third-order valence-electron chi connectivity index (χ3n) is 3.06. The van der Waals surface area contributed by atoms with Gasteiger partial charge in [0.25, 0.3) is 5.56 Å². The van der Waals surface area contributed by atoms with E-state index in [1.165, 1.54) is 0 Å². The number of rotatable bonds is 3. The fourth-order valence-corrected chi connectivity index (χ4v) is 1.94. The van der Waals surface area contributed by atoms with E-state index >= 15 is 0 Å². The molecule has 0 spiro atoms.